The first-order valence-electron chi connectivity index (χ1n) is 9.22. The molecule has 1 heterocycles. The molecule has 0 N–H and O–H groups in total. The quantitative estimate of drug-likeness (QED) is 0.502. The SMILES string of the molecule is CC(=O)Cc1ccc(OCCCCCN2C(=O)c3ccccc3C2=O)cc1. The van der Waals surface area contributed by atoms with Crippen molar-refractivity contribution >= 4 is 17.6 Å². The predicted octanol–water partition coefficient (Wildman–Crippen LogP) is 3.66. The number of carbonyl (C=O) groups is 3. The van der Waals surface area contributed by atoms with E-state index in [1.54, 1.807) is 31.2 Å². The molecule has 2 aromatic rings. The number of nitrogens with zero attached hydrogens (tertiary/aromatic N) is 1. The Morgan fingerprint density at radius 3 is 2.11 bits per heavy atom. The first kappa shape index (κ1) is 18.8. The summed E-state index contributed by atoms with van der Waals surface area (Å²) in [7, 11) is 0. The van der Waals surface area contributed by atoms with Gasteiger partial charge in [-0.25, -0.2) is 0 Å². The number of imide groups is 1. The Balaban J connectivity index is 1.36. The average molecular weight is 365 g/mol. The molecule has 2 aromatic carbocycles. The lowest BCUT2D eigenvalue weighted by Gasteiger charge is -2.13. The van der Waals surface area contributed by atoms with Crippen molar-refractivity contribution in [3.63, 3.8) is 0 Å². The number of ether oxygens (including phenoxy) is 1. The van der Waals surface area contributed by atoms with Gasteiger partial charge in [-0.05, 0) is 56.0 Å². The number of benzene rings is 2. The lowest BCUT2D eigenvalue weighted by Crippen LogP contribution is -2.30. The molecule has 0 atom stereocenters. The largest absolute Gasteiger partial charge is 0.494 e. The Bertz CT molecular complexity index is 807. The highest BCUT2D eigenvalue weighted by Gasteiger charge is 2.34. The van der Waals surface area contributed by atoms with Crippen molar-refractivity contribution in [3.8, 4) is 5.75 Å². The number of ketones is 1. The van der Waals surface area contributed by atoms with Crippen molar-refractivity contribution in [3.05, 3.63) is 65.2 Å². The zero-order valence-corrected chi connectivity index (χ0v) is 15.4. The molecule has 1 aliphatic heterocycles. The fraction of sp³-hybridized carbons (Fsp3) is 0.318. The molecule has 2 amide bonds. The monoisotopic (exact) mass is 365 g/mol. The molecular formula is C22H23NO4. The highest BCUT2D eigenvalue weighted by atomic mass is 16.5. The van der Waals surface area contributed by atoms with E-state index >= 15 is 0 Å². The summed E-state index contributed by atoms with van der Waals surface area (Å²) in [6.07, 6.45) is 2.92. The van der Waals surface area contributed by atoms with Crippen LogP contribution >= 0.6 is 0 Å². The fourth-order valence-electron chi connectivity index (χ4n) is 3.17. The van der Waals surface area contributed by atoms with Crippen molar-refractivity contribution in [2.45, 2.75) is 32.6 Å². The summed E-state index contributed by atoms with van der Waals surface area (Å²) in [6, 6.07) is 14.5. The third-order valence-electron chi connectivity index (χ3n) is 4.55. The first-order chi connectivity index (χ1) is 13.1. The smallest absolute Gasteiger partial charge is 0.261 e. The van der Waals surface area contributed by atoms with Gasteiger partial charge in [0.05, 0.1) is 17.7 Å². The summed E-state index contributed by atoms with van der Waals surface area (Å²) < 4.78 is 5.70. The minimum Gasteiger partial charge on any atom is -0.494 e. The minimum atomic E-state index is -0.197. The van der Waals surface area contributed by atoms with Crippen LogP contribution in [0.1, 0.15) is 52.5 Å². The highest BCUT2D eigenvalue weighted by molar-refractivity contribution is 6.21. The van der Waals surface area contributed by atoms with Crippen LogP contribution in [0.15, 0.2) is 48.5 Å². The Morgan fingerprint density at radius 2 is 1.52 bits per heavy atom. The van der Waals surface area contributed by atoms with Crippen LogP contribution in [0.25, 0.3) is 0 Å². The molecule has 5 heteroatoms. The number of unbranched alkanes of at least 4 members (excludes halogenated alkanes) is 2. The lowest BCUT2D eigenvalue weighted by atomic mass is 10.1. The van der Waals surface area contributed by atoms with Gasteiger partial charge in [-0.3, -0.25) is 19.3 Å². The third-order valence-corrected chi connectivity index (χ3v) is 4.55. The maximum Gasteiger partial charge on any atom is 0.261 e. The summed E-state index contributed by atoms with van der Waals surface area (Å²) in [5, 5.41) is 0. The van der Waals surface area contributed by atoms with Crippen LogP contribution in [-0.4, -0.2) is 35.6 Å². The van der Waals surface area contributed by atoms with E-state index in [1.165, 1.54) is 4.90 Å². The van der Waals surface area contributed by atoms with Gasteiger partial charge < -0.3 is 4.74 Å². The van der Waals surface area contributed by atoms with Gasteiger partial charge in [0.15, 0.2) is 0 Å². The Labute approximate surface area is 158 Å². The summed E-state index contributed by atoms with van der Waals surface area (Å²) >= 11 is 0. The van der Waals surface area contributed by atoms with Crippen LogP contribution in [0, 0.1) is 0 Å². The second kappa shape index (κ2) is 8.62. The van der Waals surface area contributed by atoms with Crippen LogP contribution in [0.3, 0.4) is 0 Å². The number of carbonyl (C=O) groups excluding carboxylic acids is 3. The third kappa shape index (κ3) is 4.61. The van der Waals surface area contributed by atoms with Crippen LogP contribution in [0.4, 0.5) is 0 Å². The van der Waals surface area contributed by atoms with Gasteiger partial charge in [-0.2, -0.15) is 0 Å². The van der Waals surface area contributed by atoms with E-state index < -0.39 is 0 Å². The van der Waals surface area contributed by atoms with E-state index in [-0.39, 0.29) is 17.6 Å². The molecule has 5 nitrogen and oxygen atoms in total. The molecule has 1 aliphatic rings. The Hall–Kier alpha value is -2.95. The standard InChI is InChI=1S/C22H23NO4/c1-16(24)15-17-9-11-18(12-10-17)27-14-6-2-5-13-23-21(25)19-7-3-4-8-20(19)22(23)26/h3-4,7-12H,2,5-6,13-15H2,1H3. The van der Waals surface area contributed by atoms with Gasteiger partial charge in [0.1, 0.15) is 11.5 Å². The van der Waals surface area contributed by atoms with Crippen molar-refractivity contribution in [2.75, 3.05) is 13.2 Å². The topological polar surface area (TPSA) is 63.7 Å². The normalized spacial score (nSPS) is 13.0. The summed E-state index contributed by atoms with van der Waals surface area (Å²) in [4.78, 5) is 37.0. The van der Waals surface area contributed by atoms with E-state index in [1.807, 2.05) is 24.3 Å². The average Bonchev–Trinajstić information content (AvgIpc) is 2.90. The van der Waals surface area contributed by atoms with E-state index in [0.29, 0.717) is 30.7 Å². The van der Waals surface area contributed by atoms with Crippen LogP contribution in [0.5, 0.6) is 5.75 Å². The van der Waals surface area contributed by atoms with Gasteiger partial charge in [0, 0.05) is 13.0 Å². The highest BCUT2D eigenvalue weighted by Crippen LogP contribution is 2.22. The maximum absolute atomic E-state index is 12.3. The number of hydrogen-bond acceptors (Lipinski definition) is 4. The Morgan fingerprint density at radius 1 is 0.889 bits per heavy atom. The van der Waals surface area contributed by atoms with Crippen molar-refractivity contribution in [2.24, 2.45) is 0 Å². The molecule has 0 unspecified atom stereocenters. The molecule has 0 spiro atoms. The van der Waals surface area contributed by atoms with Gasteiger partial charge in [0.2, 0.25) is 0 Å². The number of rotatable bonds is 9. The molecular weight excluding hydrogens is 342 g/mol. The number of hydrogen-bond donors (Lipinski definition) is 0. The lowest BCUT2D eigenvalue weighted by molar-refractivity contribution is -0.116. The molecule has 0 aromatic heterocycles. The van der Waals surface area contributed by atoms with E-state index in [9.17, 15) is 14.4 Å². The number of fused-ring (bicyclic) bond motifs is 1. The van der Waals surface area contributed by atoms with Gasteiger partial charge in [0.25, 0.3) is 11.8 Å². The summed E-state index contributed by atoms with van der Waals surface area (Å²) in [5.74, 6) is 0.527. The second-order valence-electron chi connectivity index (χ2n) is 6.74. The first-order valence-corrected chi connectivity index (χ1v) is 9.22. The van der Waals surface area contributed by atoms with Gasteiger partial charge in [-0.15, -0.1) is 0 Å². The second-order valence-corrected chi connectivity index (χ2v) is 6.74. The van der Waals surface area contributed by atoms with E-state index in [2.05, 4.69) is 0 Å². The summed E-state index contributed by atoms with van der Waals surface area (Å²) in [6.45, 7) is 2.59. The van der Waals surface area contributed by atoms with Crippen molar-refractivity contribution < 1.29 is 19.1 Å². The van der Waals surface area contributed by atoms with E-state index in [4.69, 9.17) is 4.74 Å². The van der Waals surface area contributed by atoms with Gasteiger partial charge in [-0.1, -0.05) is 24.3 Å². The fourth-order valence-corrected chi connectivity index (χ4v) is 3.17. The zero-order chi connectivity index (χ0) is 19.2. The van der Waals surface area contributed by atoms with Crippen LogP contribution in [0.2, 0.25) is 0 Å². The Kier molecular flexibility index (Phi) is 6.01. The van der Waals surface area contributed by atoms with Gasteiger partial charge >= 0.3 is 0 Å². The molecule has 0 fully saturated rings. The molecule has 0 saturated carbocycles. The molecule has 0 saturated heterocycles. The zero-order valence-electron chi connectivity index (χ0n) is 15.4. The predicted molar refractivity (Wildman–Crippen MR) is 102 cm³/mol. The van der Waals surface area contributed by atoms with Crippen LogP contribution < -0.4 is 4.74 Å². The van der Waals surface area contributed by atoms with Crippen molar-refractivity contribution in [1.82, 2.24) is 4.90 Å². The minimum absolute atomic E-state index is 0.140. The molecule has 0 bridgehead atoms. The van der Waals surface area contributed by atoms with Crippen molar-refractivity contribution in [1.29, 1.82) is 0 Å². The molecule has 27 heavy (non-hydrogen) atoms. The molecule has 3 rings (SSSR count). The number of Topliss-reactive ketones (excluding diaryl/α,β-unsaturated/α-hetero) is 1. The maximum atomic E-state index is 12.3. The molecule has 140 valence electrons. The summed E-state index contributed by atoms with van der Waals surface area (Å²) in [5.41, 5.74) is 1.98. The molecule has 0 radical (unpaired) electrons. The van der Waals surface area contributed by atoms with E-state index in [0.717, 1.165) is 30.6 Å². The number of amides is 2. The molecule has 0 aliphatic carbocycles. The van der Waals surface area contributed by atoms with Crippen LogP contribution in [-0.2, 0) is 11.2 Å².